The number of ether oxygens (including phenoxy) is 4. The summed E-state index contributed by atoms with van der Waals surface area (Å²) in [5.41, 5.74) is 1.51. The minimum Gasteiger partial charge on any atom is -0.462 e. The fourth-order valence-electron chi connectivity index (χ4n) is 3.90. The zero-order valence-corrected chi connectivity index (χ0v) is 21.7. The molecular formula is C26H30N2O9. The number of hydrogen-bond donors (Lipinski definition) is 2. The second-order valence-corrected chi connectivity index (χ2v) is 7.80. The number of aromatic nitrogens is 2. The molecule has 0 fully saturated rings. The number of nitrogens with one attached hydrogen (secondary N) is 2. The number of carbonyl (C=O) groups is 4. The van der Waals surface area contributed by atoms with Gasteiger partial charge in [0.15, 0.2) is 11.5 Å². The maximum absolute atomic E-state index is 12.8. The molecule has 3 aromatic rings. The van der Waals surface area contributed by atoms with Crippen LogP contribution in [0, 0.1) is 13.8 Å². The first-order chi connectivity index (χ1) is 17.7. The van der Waals surface area contributed by atoms with Gasteiger partial charge in [-0.25, -0.2) is 19.2 Å². The molecule has 0 saturated heterocycles. The van der Waals surface area contributed by atoms with E-state index in [-0.39, 0.29) is 71.9 Å². The lowest BCUT2D eigenvalue weighted by molar-refractivity contribution is 0.0505. The first kappa shape index (κ1) is 27.3. The predicted octanol–water partition coefficient (Wildman–Crippen LogP) is 4.59. The van der Waals surface area contributed by atoms with Crippen LogP contribution in [-0.4, -0.2) is 60.3 Å². The Morgan fingerprint density at radius 1 is 0.622 bits per heavy atom. The smallest absolute Gasteiger partial charge is 0.355 e. The highest BCUT2D eigenvalue weighted by molar-refractivity contribution is 6.04. The van der Waals surface area contributed by atoms with Gasteiger partial charge in [0, 0.05) is 0 Å². The van der Waals surface area contributed by atoms with Gasteiger partial charge in [-0.05, 0) is 64.8 Å². The van der Waals surface area contributed by atoms with Crippen molar-refractivity contribution in [2.45, 2.75) is 41.5 Å². The van der Waals surface area contributed by atoms with Gasteiger partial charge in [-0.15, -0.1) is 0 Å². The van der Waals surface area contributed by atoms with E-state index in [1.807, 2.05) is 0 Å². The summed E-state index contributed by atoms with van der Waals surface area (Å²) in [6.07, 6.45) is 0. The number of carbonyl (C=O) groups excluding carboxylic acids is 4. The van der Waals surface area contributed by atoms with Crippen LogP contribution in [0.5, 0.6) is 0 Å². The van der Waals surface area contributed by atoms with Gasteiger partial charge < -0.3 is 33.3 Å². The van der Waals surface area contributed by atoms with Gasteiger partial charge in [0.05, 0.1) is 48.9 Å². The summed E-state index contributed by atoms with van der Waals surface area (Å²) in [7, 11) is 0. The van der Waals surface area contributed by atoms with E-state index in [0.29, 0.717) is 11.1 Å². The molecule has 11 nitrogen and oxygen atoms in total. The summed E-state index contributed by atoms with van der Waals surface area (Å²) in [6.45, 7) is 10.4. The van der Waals surface area contributed by atoms with E-state index < -0.39 is 23.9 Å². The van der Waals surface area contributed by atoms with Crippen LogP contribution < -0.4 is 0 Å². The SMILES string of the molecule is CCOC(=O)c1[nH]c(-c2ccc(-c3[nH]c(C(=O)OCC)c(C)c3C(=O)OCC)o2)c(C(=O)OCC)c1C. The molecule has 3 rings (SSSR count). The summed E-state index contributed by atoms with van der Waals surface area (Å²) in [5.74, 6) is -2.17. The van der Waals surface area contributed by atoms with Crippen molar-refractivity contribution in [2.24, 2.45) is 0 Å². The Bertz CT molecular complexity index is 1230. The predicted molar refractivity (Wildman–Crippen MR) is 132 cm³/mol. The molecule has 3 heterocycles. The molecule has 0 spiro atoms. The molecule has 37 heavy (non-hydrogen) atoms. The van der Waals surface area contributed by atoms with E-state index in [9.17, 15) is 19.2 Å². The molecule has 11 heteroatoms. The van der Waals surface area contributed by atoms with Crippen molar-refractivity contribution in [2.75, 3.05) is 26.4 Å². The molecule has 0 aliphatic heterocycles. The maximum Gasteiger partial charge on any atom is 0.355 e. The summed E-state index contributed by atoms with van der Waals surface area (Å²) >= 11 is 0. The Kier molecular flexibility index (Phi) is 8.59. The minimum atomic E-state index is -0.646. The Balaban J connectivity index is 2.17. The van der Waals surface area contributed by atoms with Crippen LogP contribution in [0.4, 0.5) is 0 Å². The van der Waals surface area contributed by atoms with Crippen molar-refractivity contribution < 1.29 is 42.5 Å². The van der Waals surface area contributed by atoms with Gasteiger partial charge in [0.1, 0.15) is 11.4 Å². The van der Waals surface area contributed by atoms with Gasteiger partial charge in [-0.3, -0.25) is 0 Å². The molecule has 0 aromatic carbocycles. The second kappa shape index (κ2) is 11.6. The van der Waals surface area contributed by atoms with Crippen molar-refractivity contribution in [3.63, 3.8) is 0 Å². The van der Waals surface area contributed by atoms with Gasteiger partial charge in [-0.2, -0.15) is 0 Å². The molecular weight excluding hydrogens is 484 g/mol. The Morgan fingerprint density at radius 3 is 1.27 bits per heavy atom. The van der Waals surface area contributed by atoms with E-state index in [1.54, 1.807) is 53.7 Å². The fourth-order valence-corrected chi connectivity index (χ4v) is 3.90. The van der Waals surface area contributed by atoms with Crippen molar-refractivity contribution in [1.82, 2.24) is 9.97 Å². The van der Waals surface area contributed by atoms with E-state index in [2.05, 4.69) is 9.97 Å². The third kappa shape index (κ3) is 5.30. The average molecular weight is 515 g/mol. The average Bonchev–Trinajstić information content (AvgIpc) is 3.55. The highest BCUT2D eigenvalue weighted by Gasteiger charge is 2.30. The Hall–Kier alpha value is -4.28. The normalized spacial score (nSPS) is 10.8. The molecule has 0 saturated carbocycles. The van der Waals surface area contributed by atoms with E-state index in [0.717, 1.165) is 0 Å². The van der Waals surface area contributed by atoms with Crippen LogP contribution in [0.1, 0.15) is 80.5 Å². The zero-order valence-electron chi connectivity index (χ0n) is 21.7. The van der Waals surface area contributed by atoms with Crippen LogP contribution in [0.25, 0.3) is 22.9 Å². The molecule has 0 unspecified atom stereocenters. The summed E-state index contributed by atoms with van der Waals surface area (Å²) in [4.78, 5) is 56.3. The third-order valence-electron chi connectivity index (χ3n) is 5.52. The lowest BCUT2D eigenvalue weighted by atomic mass is 10.1. The third-order valence-corrected chi connectivity index (χ3v) is 5.52. The second-order valence-electron chi connectivity index (χ2n) is 7.80. The first-order valence-electron chi connectivity index (χ1n) is 11.9. The van der Waals surface area contributed by atoms with Crippen LogP contribution in [-0.2, 0) is 18.9 Å². The number of aromatic amines is 2. The number of H-pyrrole nitrogens is 2. The summed E-state index contributed by atoms with van der Waals surface area (Å²) in [6, 6.07) is 3.13. The van der Waals surface area contributed by atoms with E-state index >= 15 is 0 Å². The molecule has 0 aliphatic rings. The van der Waals surface area contributed by atoms with Crippen molar-refractivity contribution in [3.8, 4) is 22.9 Å². The number of esters is 4. The quantitative estimate of drug-likeness (QED) is 0.292. The van der Waals surface area contributed by atoms with Crippen LogP contribution in [0.2, 0.25) is 0 Å². The molecule has 0 aliphatic carbocycles. The zero-order chi connectivity index (χ0) is 27.3. The molecule has 198 valence electrons. The molecule has 0 bridgehead atoms. The molecule has 0 atom stereocenters. The lowest BCUT2D eigenvalue weighted by Gasteiger charge is -2.05. The van der Waals surface area contributed by atoms with Crippen LogP contribution in [0.3, 0.4) is 0 Å². The first-order valence-corrected chi connectivity index (χ1v) is 11.9. The minimum absolute atomic E-state index is 0.0883. The topological polar surface area (TPSA) is 150 Å². The number of rotatable bonds is 10. The maximum atomic E-state index is 12.8. The van der Waals surface area contributed by atoms with E-state index in [4.69, 9.17) is 23.4 Å². The van der Waals surface area contributed by atoms with Crippen molar-refractivity contribution >= 4 is 23.9 Å². The highest BCUT2D eigenvalue weighted by atomic mass is 16.5. The van der Waals surface area contributed by atoms with Gasteiger partial charge >= 0.3 is 23.9 Å². The van der Waals surface area contributed by atoms with Crippen LogP contribution >= 0.6 is 0 Å². The number of hydrogen-bond acceptors (Lipinski definition) is 9. The van der Waals surface area contributed by atoms with Gasteiger partial charge in [0.25, 0.3) is 0 Å². The molecule has 3 aromatic heterocycles. The highest BCUT2D eigenvalue weighted by Crippen LogP contribution is 2.36. The summed E-state index contributed by atoms with van der Waals surface area (Å²) < 4.78 is 26.6. The lowest BCUT2D eigenvalue weighted by Crippen LogP contribution is -2.09. The number of furan rings is 1. The monoisotopic (exact) mass is 514 g/mol. The molecule has 0 radical (unpaired) electrons. The summed E-state index contributed by atoms with van der Waals surface area (Å²) in [5, 5.41) is 0. The van der Waals surface area contributed by atoms with Gasteiger partial charge in [-0.1, -0.05) is 0 Å². The molecule has 2 N–H and O–H groups in total. The van der Waals surface area contributed by atoms with Crippen LogP contribution in [0.15, 0.2) is 16.5 Å². The van der Waals surface area contributed by atoms with E-state index in [1.165, 1.54) is 0 Å². The van der Waals surface area contributed by atoms with Crippen molar-refractivity contribution in [1.29, 1.82) is 0 Å². The largest absolute Gasteiger partial charge is 0.462 e. The van der Waals surface area contributed by atoms with Crippen molar-refractivity contribution in [3.05, 3.63) is 45.8 Å². The van der Waals surface area contributed by atoms with Gasteiger partial charge in [0.2, 0.25) is 0 Å². The standard InChI is InChI=1S/C26H30N2O9/c1-7-33-23(29)17-13(5)19(25(31)35-9-3)27-21(17)15-11-12-16(37-15)22-18(24(30)34-8-2)14(6)20(28-22)26(32)36-10-4/h11-12,27-28H,7-10H2,1-6H3. The fraction of sp³-hybridized carbons (Fsp3) is 0.385. The Morgan fingerprint density at radius 2 is 0.946 bits per heavy atom. The Labute approximate surface area is 213 Å². The molecule has 0 amide bonds.